The van der Waals surface area contributed by atoms with Crippen molar-refractivity contribution in [2.75, 3.05) is 19.6 Å². The highest BCUT2D eigenvalue weighted by Crippen LogP contribution is 2.24. The van der Waals surface area contributed by atoms with Gasteiger partial charge in [0.05, 0.1) is 13.1 Å². The zero-order valence-corrected chi connectivity index (χ0v) is 16.9. The van der Waals surface area contributed by atoms with Gasteiger partial charge in [0.2, 0.25) is 0 Å². The second-order valence-electron chi connectivity index (χ2n) is 7.38. The van der Waals surface area contributed by atoms with Crippen LogP contribution in [0, 0.1) is 13.8 Å². The Morgan fingerprint density at radius 1 is 0.920 bits per heavy atom. The molecule has 0 atom stereocenters. The molecule has 0 N–H and O–H groups in total. The standard InChI is InChI=1S/C22H28NO.BrH/c1-18-9-8-10-19(2)22(18)15-21(24)17-23(13-6-7-14-23)16-20-11-4-3-5-12-20;/h3-5,8-12H,6-7,13-17H2,1-2H3;1H/q+1;/p-1. The molecule has 2 nitrogen and oxygen atoms in total. The van der Waals surface area contributed by atoms with E-state index in [1.807, 2.05) is 0 Å². The number of Topliss-reactive ketones (excluding diaryl/α,β-unsaturated/α-hetero) is 1. The molecule has 3 heteroatoms. The normalized spacial score (nSPS) is 15.6. The molecule has 0 unspecified atom stereocenters. The summed E-state index contributed by atoms with van der Waals surface area (Å²) in [5, 5.41) is 0. The van der Waals surface area contributed by atoms with Gasteiger partial charge >= 0.3 is 0 Å². The van der Waals surface area contributed by atoms with Crippen molar-refractivity contribution in [3.63, 3.8) is 0 Å². The second kappa shape index (κ2) is 8.77. The quantitative estimate of drug-likeness (QED) is 0.665. The number of ketones is 1. The summed E-state index contributed by atoms with van der Waals surface area (Å²) >= 11 is 0. The van der Waals surface area contributed by atoms with Crippen molar-refractivity contribution in [2.45, 2.75) is 39.7 Å². The van der Waals surface area contributed by atoms with Crippen molar-refractivity contribution in [3.05, 3.63) is 70.8 Å². The lowest BCUT2D eigenvalue weighted by atomic mass is 9.97. The van der Waals surface area contributed by atoms with Crippen LogP contribution in [0.15, 0.2) is 48.5 Å². The Balaban J connectivity index is 0.00000225. The molecule has 1 saturated heterocycles. The van der Waals surface area contributed by atoms with Gasteiger partial charge in [-0.05, 0) is 30.5 Å². The van der Waals surface area contributed by atoms with E-state index in [-0.39, 0.29) is 17.0 Å². The van der Waals surface area contributed by atoms with Crippen LogP contribution in [-0.4, -0.2) is 29.9 Å². The maximum Gasteiger partial charge on any atom is 0.191 e. The zero-order valence-electron chi connectivity index (χ0n) is 15.3. The third kappa shape index (κ3) is 5.02. The maximum absolute atomic E-state index is 12.9. The van der Waals surface area contributed by atoms with Crippen LogP contribution in [0.5, 0.6) is 0 Å². The average molecular weight is 402 g/mol. The molecule has 2 aromatic carbocycles. The molecule has 0 aromatic heterocycles. The number of hydrogen-bond acceptors (Lipinski definition) is 1. The molecule has 0 amide bonds. The van der Waals surface area contributed by atoms with Gasteiger partial charge in [-0.25, -0.2) is 0 Å². The fourth-order valence-electron chi connectivity index (χ4n) is 4.10. The van der Waals surface area contributed by atoms with Gasteiger partial charge in [0.25, 0.3) is 0 Å². The number of likely N-dealkylation sites (tertiary alicyclic amines) is 1. The summed E-state index contributed by atoms with van der Waals surface area (Å²) in [5.41, 5.74) is 5.04. The topological polar surface area (TPSA) is 17.1 Å². The van der Waals surface area contributed by atoms with Crippen molar-refractivity contribution in [2.24, 2.45) is 0 Å². The molecule has 134 valence electrons. The predicted octanol–water partition coefficient (Wildman–Crippen LogP) is 1.23. The zero-order chi connectivity index (χ0) is 17.0. The monoisotopic (exact) mass is 401 g/mol. The summed E-state index contributed by atoms with van der Waals surface area (Å²) in [6, 6.07) is 16.9. The third-order valence-corrected chi connectivity index (χ3v) is 5.41. The van der Waals surface area contributed by atoms with Gasteiger partial charge in [0.15, 0.2) is 5.78 Å². The molecule has 1 fully saturated rings. The number of rotatable bonds is 6. The summed E-state index contributed by atoms with van der Waals surface area (Å²) in [6.07, 6.45) is 3.06. The highest BCUT2D eigenvalue weighted by Gasteiger charge is 2.34. The molecular weight excluding hydrogens is 374 g/mol. The van der Waals surface area contributed by atoms with Crippen LogP contribution >= 0.6 is 0 Å². The molecule has 3 rings (SSSR count). The van der Waals surface area contributed by atoms with Gasteiger partial charge in [-0.1, -0.05) is 48.5 Å². The molecular formula is C22H28BrNO. The third-order valence-electron chi connectivity index (χ3n) is 5.41. The number of quaternary nitrogens is 1. The fourth-order valence-corrected chi connectivity index (χ4v) is 4.10. The van der Waals surface area contributed by atoms with Gasteiger partial charge < -0.3 is 21.5 Å². The highest BCUT2D eigenvalue weighted by atomic mass is 79.9. The second-order valence-corrected chi connectivity index (χ2v) is 7.38. The summed E-state index contributed by atoms with van der Waals surface area (Å²) in [5.74, 6) is 0.380. The minimum absolute atomic E-state index is 0. The van der Waals surface area contributed by atoms with Gasteiger partial charge in [0.1, 0.15) is 13.1 Å². The average Bonchev–Trinajstić information content (AvgIpc) is 3.00. The Morgan fingerprint density at radius 2 is 1.52 bits per heavy atom. The molecule has 1 aliphatic heterocycles. The number of aryl methyl sites for hydroxylation is 2. The number of hydrogen-bond donors (Lipinski definition) is 0. The Morgan fingerprint density at radius 3 is 2.12 bits per heavy atom. The molecule has 1 heterocycles. The smallest absolute Gasteiger partial charge is 0.191 e. The SMILES string of the molecule is Cc1cccc(C)c1CC(=O)C[N+]1(Cc2ccccc2)CCCC1.[Br-]. The van der Waals surface area contributed by atoms with E-state index >= 15 is 0 Å². The van der Waals surface area contributed by atoms with E-state index in [9.17, 15) is 4.79 Å². The Labute approximate surface area is 162 Å². The minimum atomic E-state index is 0. The number of carbonyl (C=O) groups excluding carboxylic acids is 1. The molecule has 0 bridgehead atoms. The molecule has 1 aliphatic rings. The number of halogens is 1. The first-order valence-corrected chi connectivity index (χ1v) is 9.04. The molecule has 0 aliphatic carbocycles. The molecule has 25 heavy (non-hydrogen) atoms. The lowest BCUT2D eigenvalue weighted by Crippen LogP contribution is -3.00. The van der Waals surface area contributed by atoms with Crippen molar-refractivity contribution < 1.29 is 26.3 Å². The van der Waals surface area contributed by atoms with Crippen LogP contribution in [-0.2, 0) is 17.8 Å². The van der Waals surface area contributed by atoms with E-state index in [0.29, 0.717) is 18.7 Å². The highest BCUT2D eigenvalue weighted by molar-refractivity contribution is 5.82. The van der Waals surface area contributed by atoms with Crippen LogP contribution in [0.2, 0.25) is 0 Å². The predicted molar refractivity (Wildman–Crippen MR) is 98.9 cm³/mol. The van der Waals surface area contributed by atoms with Crippen LogP contribution in [0.1, 0.15) is 35.1 Å². The van der Waals surface area contributed by atoms with Crippen LogP contribution < -0.4 is 17.0 Å². The lowest BCUT2D eigenvalue weighted by Gasteiger charge is -2.34. The van der Waals surface area contributed by atoms with E-state index in [1.165, 1.54) is 35.1 Å². The van der Waals surface area contributed by atoms with Gasteiger partial charge in [-0.2, -0.15) is 0 Å². The van der Waals surface area contributed by atoms with Gasteiger partial charge in [-0.3, -0.25) is 4.79 Å². The van der Waals surface area contributed by atoms with Crippen molar-refractivity contribution >= 4 is 5.78 Å². The number of nitrogens with zero attached hydrogens (tertiary/aromatic N) is 1. The fraction of sp³-hybridized carbons (Fsp3) is 0.409. The van der Waals surface area contributed by atoms with E-state index in [2.05, 4.69) is 62.4 Å². The largest absolute Gasteiger partial charge is 1.00 e. The molecule has 0 radical (unpaired) electrons. The number of carbonyl (C=O) groups is 1. The number of benzene rings is 2. The Bertz CT molecular complexity index is 685. The van der Waals surface area contributed by atoms with E-state index in [4.69, 9.17) is 0 Å². The van der Waals surface area contributed by atoms with Crippen molar-refractivity contribution in [1.82, 2.24) is 0 Å². The summed E-state index contributed by atoms with van der Waals surface area (Å²) in [4.78, 5) is 12.9. The first-order chi connectivity index (χ1) is 11.6. The Hall–Kier alpha value is -1.45. The first kappa shape index (κ1) is 19.9. The van der Waals surface area contributed by atoms with Crippen molar-refractivity contribution in [1.29, 1.82) is 0 Å². The van der Waals surface area contributed by atoms with E-state index < -0.39 is 0 Å². The minimum Gasteiger partial charge on any atom is -1.00 e. The maximum atomic E-state index is 12.9. The summed E-state index contributed by atoms with van der Waals surface area (Å²) < 4.78 is 0.938. The Kier molecular flexibility index (Phi) is 6.97. The molecule has 2 aromatic rings. The van der Waals surface area contributed by atoms with Crippen molar-refractivity contribution in [3.8, 4) is 0 Å². The summed E-state index contributed by atoms with van der Waals surface area (Å²) in [7, 11) is 0. The van der Waals surface area contributed by atoms with Crippen LogP contribution in [0.4, 0.5) is 0 Å². The van der Waals surface area contributed by atoms with E-state index in [0.717, 1.165) is 24.1 Å². The lowest BCUT2D eigenvalue weighted by molar-refractivity contribution is -0.922. The van der Waals surface area contributed by atoms with Crippen LogP contribution in [0.3, 0.4) is 0 Å². The van der Waals surface area contributed by atoms with E-state index in [1.54, 1.807) is 0 Å². The summed E-state index contributed by atoms with van der Waals surface area (Å²) in [6.45, 7) is 8.14. The molecule has 0 saturated carbocycles. The first-order valence-electron chi connectivity index (χ1n) is 9.04. The molecule has 0 spiro atoms. The van der Waals surface area contributed by atoms with Crippen LogP contribution in [0.25, 0.3) is 0 Å². The van der Waals surface area contributed by atoms with Gasteiger partial charge in [-0.15, -0.1) is 0 Å². The van der Waals surface area contributed by atoms with Gasteiger partial charge in [0, 0.05) is 24.8 Å².